The van der Waals surface area contributed by atoms with Gasteiger partial charge in [0.2, 0.25) is 0 Å². The Morgan fingerprint density at radius 1 is 0.963 bits per heavy atom. The van der Waals surface area contributed by atoms with Gasteiger partial charge < -0.3 is 19.8 Å². The van der Waals surface area contributed by atoms with Gasteiger partial charge in [-0.1, -0.05) is 37.6 Å². The van der Waals surface area contributed by atoms with E-state index < -0.39 is 0 Å². The van der Waals surface area contributed by atoms with Gasteiger partial charge in [0.15, 0.2) is 0 Å². The molecule has 2 nitrogen and oxygen atoms in total. The minimum absolute atomic E-state index is 0. The van der Waals surface area contributed by atoms with Gasteiger partial charge in [0.25, 0.3) is 0 Å². The fourth-order valence-corrected chi connectivity index (χ4v) is 2.92. The molecule has 0 unspecified atom stereocenters. The Bertz CT molecular complexity index is 733. The van der Waals surface area contributed by atoms with Gasteiger partial charge >= 0.3 is 0 Å². The summed E-state index contributed by atoms with van der Waals surface area (Å²) in [5.41, 5.74) is 6.14. The minimum Gasteiger partial charge on any atom is -0.358 e. The second-order valence-corrected chi connectivity index (χ2v) is 5.84. The zero-order valence-corrected chi connectivity index (χ0v) is 20.0. The molecule has 3 rings (SSSR count). The quantitative estimate of drug-likeness (QED) is 0.390. The fraction of sp³-hybridized carbons (Fsp3) is 0.292. The number of hydrogen-bond donors (Lipinski definition) is 0. The van der Waals surface area contributed by atoms with E-state index >= 15 is 0 Å². The molecule has 27 heavy (non-hydrogen) atoms. The number of allylic oxidation sites excluding steroid dienone is 4. The Labute approximate surface area is 181 Å². The van der Waals surface area contributed by atoms with Crippen LogP contribution in [0.25, 0.3) is 11.3 Å². The second-order valence-electron chi connectivity index (χ2n) is 5.84. The summed E-state index contributed by atoms with van der Waals surface area (Å²) in [6.07, 6.45) is 4.49. The molecule has 2 aromatic rings. The normalized spacial score (nSPS) is 12.3. The van der Waals surface area contributed by atoms with Crippen molar-refractivity contribution in [2.24, 2.45) is 0 Å². The first-order valence-electron chi connectivity index (χ1n) is 8.70. The molecule has 1 aromatic heterocycles. The van der Waals surface area contributed by atoms with Gasteiger partial charge in [-0.15, -0.1) is 35.9 Å². The molecule has 0 spiro atoms. The molecule has 0 atom stereocenters. The van der Waals surface area contributed by atoms with Crippen LogP contribution < -0.4 is 4.90 Å². The Hall–Kier alpha value is -1.66. The molecular formula is C24H33N2Pt-3. The first-order valence-corrected chi connectivity index (χ1v) is 8.70. The van der Waals surface area contributed by atoms with E-state index in [4.69, 9.17) is 4.98 Å². The molecule has 0 fully saturated rings. The van der Waals surface area contributed by atoms with Crippen LogP contribution in [0.1, 0.15) is 40.5 Å². The van der Waals surface area contributed by atoms with Crippen LogP contribution in [-0.2, 0) is 21.1 Å². The van der Waals surface area contributed by atoms with Gasteiger partial charge in [-0.3, -0.25) is 4.98 Å². The van der Waals surface area contributed by atoms with Crippen molar-refractivity contribution in [3.8, 4) is 11.3 Å². The Kier molecular flexibility index (Phi) is 13.8. The second kappa shape index (κ2) is 13.5. The Morgan fingerprint density at radius 3 is 2.26 bits per heavy atom. The van der Waals surface area contributed by atoms with Gasteiger partial charge in [0.05, 0.1) is 0 Å². The molecule has 1 heterocycles. The van der Waals surface area contributed by atoms with Gasteiger partial charge in [-0.25, -0.2) is 0 Å². The fourth-order valence-electron chi connectivity index (χ4n) is 2.92. The number of hydrogen-bond acceptors (Lipinski definition) is 2. The van der Waals surface area contributed by atoms with Crippen molar-refractivity contribution in [3.05, 3.63) is 86.3 Å². The van der Waals surface area contributed by atoms with Crippen LogP contribution in [0.4, 0.5) is 5.82 Å². The van der Waals surface area contributed by atoms with Crippen molar-refractivity contribution in [2.75, 3.05) is 11.9 Å². The zero-order chi connectivity index (χ0) is 17.5. The molecule has 0 saturated heterocycles. The third-order valence-electron chi connectivity index (χ3n) is 4.14. The molecule has 152 valence electrons. The molecular weight excluding hydrogens is 511 g/mol. The average Bonchev–Trinajstić information content (AvgIpc) is 2.64. The van der Waals surface area contributed by atoms with Gasteiger partial charge in [0, 0.05) is 33.8 Å². The predicted molar refractivity (Wildman–Crippen MR) is 117 cm³/mol. The summed E-state index contributed by atoms with van der Waals surface area (Å²) in [6.45, 7) is 8.38. The summed E-state index contributed by atoms with van der Waals surface area (Å²) in [5.74, 6) is 0.983. The third kappa shape index (κ3) is 7.11. The number of benzene rings is 1. The van der Waals surface area contributed by atoms with Crippen LogP contribution in [-0.4, -0.2) is 12.0 Å². The van der Waals surface area contributed by atoms with Crippen molar-refractivity contribution in [1.29, 1.82) is 0 Å². The molecule has 0 amide bonds. The van der Waals surface area contributed by atoms with E-state index in [0.29, 0.717) is 0 Å². The summed E-state index contributed by atoms with van der Waals surface area (Å²) in [5, 5.41) is 0. The predicted octanol–water partition coefficient (Wildman–Crippen LogP) is 6.92. The minimum atomic E-state index is 0. The molecule has 0 N–H and O–H groups in total. The van der Waals surface area contributed by atoms with Crippen molar-refractivity contribution < 1.29 is 21.1 Å². The van der Waals surface area contributed by atoms with Crippen LogP contribution in [0.2, 0.25) is 0 Å². The monoisotopic (exact) mass is 544 g/mol. The first kappa shape index (κ1) is 27.6. The van der Waals surface area contributed by atoms with Crippen molar-refractivity contribution in [2.45, 2.75) is 40.5 Å². The van der Waals surface area contributed by atoms with E-state index in [1.807, 2.05) is 44.2 Å². The Balaban J connectivity index is 0. The van der Waals surface area contributed by atoms with E-state index in [2.05, 4.69) is 50.1 Å². The summed E-state index contributed by atoms with van der Waals surface area (Å²) in [7, 11) is 2.11. The average molecular weight is 545 g/mol. The molecule has 0 radical (unpaired) electrons. The smallest absolute Gasteiger partial charge is 0.123 e. The first-order chi connectivity index (χ1) is 11.6. The number of rotatable bonds is 3. The summed E-state index contributed by atoms with van der Waals surface area (Å²) < 4.78 is 0. The number of aromatic nitrogens is 1. The van der Waals surface area contributed by atoms with Gasteiger partial charge in [0.1, 0.15) is 5.82 Å². The molecule has 1 aliphatic rings. The number of pyridine rings is 1. The van der Waals surface area contributed by atoms with Gasteiger partial charge in [-0.2, -0.15) is 0 Å². The summed E-state index contributed by atoms with van der Waals surface area (Å²) in [4.78, 5) is 7.02. The summed E-state index contributed by atoms with van der Waals surface area (Å²) >= 11 is 0. The molecule has 0 saturated carbocycles. The molecule has 0 aliphatic heterocycles. The van der Waals surface area contributed by atoms with Crippen molar-refractivity contribution in [1.82, 2.24) is 4.98 Å². The maximum absolute atomic E-state index is 4.81. The molecule has 1 aromatic carbocycles. The van der Waals surface area contributed by atoms with Crippen molar-refractivity contribution in [3.63, 3.8) is 0 Å². The maximum atomic E-state index is 4.81. The SMILES string of the molecule is CC.CC1=CC(C)=C(N(C)c2cccc(-c3[c-]cccc3)n2)CC1.[CH3-].[CH3-].[Pt]. The largest absolute Gasteiger partial charge is 0.358 e. The van der Waals surface area contributed by atoms with Crippen molar-refractivity contribution >= 4 is 5.82 Å². The third-order valence-corrected chi connectivity index (χ3v) is 4.14. The number of nitrogens with zero attached hydrogens (tertiary/aromatic N) is 2. The van der Waals surface area contributed by atoms with E-state index in [0.717, 1.165) is 29.9 Å². The topological polar surface area (TPSA) is 16.1 Å². The molecule has 0 bridgehead atoms. The van der Waals surface area contributed by atoms with E-state index in [9.17, 15) is 0 Å². The van der Waals surface area contributed by atoms with Crippen LogP contribution in [0.15, 0.2) is 65.4 Å². The molecule has 3 heteroatoms. The Morgan fingerprint density at radius 2 is 1.67 bits per heavy atom. The van der Waals surface area contributed by atoms with Crippen LogP contribution in [0, 0.1) is 20.9 Å². The number of anilines is 1. The van der Waals surface area contributed by atoms with E-state index in [1.54, 1.807) is 0 Å². The summed E-state index contributed by atoms with van der Waals surface area (Å²) in [6, 6.07) is 17.4. The van der Waals surface area contributed by atoms with Crippen LogP contribution in [0.3, 0.4) is 0 Å². The van der Waals surface area contributed by atoms with E-state index in [1.165, 1.54) is 16.8 Å². The van der Waals surface area contributed by atoms with Crippen LogP contribution in [0.5, 0.6) is 0 Å². The molecule has 1 aliphatic carbocycles. The zero-order valence-electron chi connectivity index (χ0n) is 17.7. The maximum Gasteiger partial charge on any atom is 0.123 e. The van der Waals surface area contributed by atoms with Crippen LogP contribution >= 0.6 is 0 Å². The van der Waals surface area contributed by atoms with Gasteiger partial charge in [-0.05, 0) is 44.0 Å². The van der Waals surface area contributed by atoms with E-state index in [-0.39, 0.29) is 35.9 Å². The standard InChI is InChI=1S/C20H21N2.C2H6.2CH3.Pt/c1-15-12-13-19(16(2)14-15)22(3)20-11-7-10-18(21-20)17-8-5-4-6-9-17;1-2;;;/h4-8,10-11,14H,12-13H2,1-3H3;1-2H3;2*1H3;/q-1;;2*-1;.